The lowest BCUT2D eigenvalue weighted by atomic mass is 10.1. The summed E-state index contributed by atoms with van der Waals surface area (Å²) in [6.07, 6.45) is 1.42. The molecule has 5 rings (SSSR count). The molecule has 0 amide bonds. The van der Waals surface area contributed by atoms with Crippen LogP contribution in [0.25, 0.3) is 10.9 Å². The van der Waals surface area contributed by atoms with Gasteiger partial charge in [0, 0.05) is 24.5 Å². The fourth-order valence-electron chi connectivity index (χ4n) is 4.21. The Kier molecular flexibility index (Phi) is 3.13. The molecule has 3 aromatic rings. The Balaban J connectivity index is 1.73. The summed E-state index contributed by atoms with van der Waals surface area (Å²) in [7, 11) is -3.63. The molecule has 1 aromatic heterocycles. The number of hydrogen-bond acceptors (Lipinski definition) is 3. The Morgan fingerprint density at radius 2 is 1.73 bits per heavy atom. The van der Waals surface area contributed by atoms with Crippen LogP contribution in [0.15, 0.2) is 52.2 Å². The largest absolute Gasteiger partial charge is 0.308 e. The highest BCUT2D eigenvalue weighted by Gasteiger charge is 2.32. The number of anilines is 1. The van der Waals surface area contributed by atoms with Gasteiger partial charge in [-0.25, -0.2) is 8.42 Å². The predicted octanol–water partition coefficient (Wildman–Crippen LogP) is 2.62. The molecule has 0 N–H and O–H groups in total. The van der Waals surface area contributed by atoms with Gasteiger partial charge in [-0.3, -0.25) is 9.10 Å². The lowest BCUT2D eigenvalue weighted by Crippen LogP contribution is -2.29. The topological polar surface area (TPSA) is 59.4 Å². The monoisotopic (exact) mass is 366 g/mol. The first-order valence-corrected chi connectivity index (χ1v) is 10.2. The minimum Gasteiger partial charge on any atom is -0.308 e. The lowest BCUT2D eigenvalue weighted by molar-refractivity contribution is 0.592. The molecule has 2 aromatic carbocycles. The van der Waals surface area contributed by atoms with E-state index in [1.54, 1.807) is 22.8 Å². The van der Waals surface area contributed by atoms with Crippen LogP contribution in [0.5, 0.6) is 0 Å². The summed E-state index contributed by atoms with van der Waals surface area (Å²) < 4.78 is 30.0. The number of para-hydroxylation sites is 1. The maximum atomic E-state index is 13.4. The minimum atomic E-state index is -3.63. The number of hydrogen-bond donors (Lipinski definition) is 0. The van der Waals surface area contributed by atoms with Crippen LogP contribution in [-0.4, -0.2) is 19.5 Å². The maximum absolute atomic E-state index is 13.4. The van der Waals surface area contributed by atoms with Crippen LogP contribution in [0.1, 0.15) is 16.7 Å². The predicted molar refractivity (Wildman–Crippen MR) is 101 cm³/mol. The molecule has 0 unspecified atom stereocenters. The molecule has 0 aliphatic carbocycles. The fraction of sp³-hybridized carbons (Fsp3) is 0.250. The molecule has 6 heteroatoms. The van der Waals surface area contributed by atoms with Gasteiger partial charge in [-0.1, -0.05) is 18.2 Å². The third-order valence-electron chi connectivity index (χ3n) is 5.50. The maximum Gasteiger partial charge on any atom is 0.264 e. The van der Waals surface area contributed by atoms with Gasteiger partial charge in [-0.05, 0) is 54.7 Å². The highest BCUT2D eigenvalue weighted by atomic mass is 32.2. The van der Waals surface area contributed by atoms with Gasteiger partial charge in [0.05, 0.1) is 16.1 Å². The van der Waals surface area contributed by atoms with Crippen LogP contribution in [0.2, 0.25) is 0 Å². The van der Waals surface area contributed by atoms with Crippen molar-refractivity contribution < 1.29 is 8.42 Å². The number of rotatable bonds is 2. The third kappa shape index (κ3) is 2.02. The van der Waals surface area contributed by atoms with Crippen molar-refractivity contribution in [2.24, 2.45) is 0 Å². The molecule has 0 bridgehead atoms. The summed E-state index contributed by atoms with van der Waals surface area (Å²) in [5.41, 5.74) is 4.46. The molecule has 3 heterocycles. The molecule has 0 saturated carbocycles. The van der Waals surface area contributed by atoms with E-state index in [1.165, 1.54) is 4.31 Å². The molecule has 0 saturated heterocycles. The van der Waals surface area contributed by atoms with E-state index in [4.69, 9.17) is 0 Å². The zero-order valence-electron chi connectivity index (χ0n) is 14.4. The number of benzene rings is 2. The number of aromatic nitrogens is 1. The van der Waals surface area contributed by atoms with E-state index in [2.05, 4.69) is 0 Å². The highest BCUT2D eigenvalue weighted by molar-refractivity contribution is 7.92. The van der Waals surface area contributed by atoms with E-state index in [0.717, 1.165) is 39.7 Å². The summed E-state index contributed by atoms with van der Waals surface area (Å²) in [5, 5.41) is 0.852. The Hall–Kier alpha value is -2.60. The first kappa shape index (κ1) is 15.6. The van der Waals surface area contributed by atoms with Crippen molar-refractivity contribution in [3.05, 3.63) is 69.5 Å². The molecule has 0 atom stereocenters. The SMILES string of the molecule is Cc1cc(=O)n2c3c(cc(S(=O)(=O)N4CCc5ccccc54)cc13)CC2. The average molecular weight is 366 g/mol. The highest BCUT2D eigenvalue weighted by Crippen LogP contribution is 2.35. The summed E-state index contributed by atoms with van der Waals surface area (Å²) in [5.74, 6) is 0. The zero-order valence-corrected chi connectivity index (χ0v) is 15.2. The third-order valence-corrected chi connectivity index (χ3v) is 7.29. The van der Waals surface area contributed by atoms with Crippen LogP contribution < -0.4 is 9.86 Å². The van der Waals surface area contributed by atoms with Gasteiger partial charge in [0.25, 0.3) is 15.6 Å². The van der Waals surface area contributed by atoms with Crippen molar-refractivity contribution in [2.75, 3.05) is 10.8 Å². The van der Waals surface area contributed by atoms with E-state index in [1.807, 2.05) is 31.2 Å². The van der Waals surface area contributed by atoms with Gasteiger partial charge in [0.1, 0.15) is 0 Å². The summed E-state index contributed by atoms with van der Waals surface area (Å²) in [6.45, 7) is 2.94. The van der Waals surface area contributed by atoms with E-state index in [9.17, 15) is 13.2 Å². The van der Waals surface area contributed by atoms with Crippen LogP contribution >= 0.6 is 0 Å². The fourth-order valence-corrected chi connectivity index (χ4v) is 5.80. The standard InChI is InChI=1S/C20H18N2O3S/c1-13-10-19(23)21-8-6-15-11-16(12-17(13)20(15)21)26(24,25)22-9-7-14-4-2-3-5-18(14)22/h2-5,10-12H,6-9H2,1H3. The Bertz CT molecular complexity index is 1240. The molecular formula is C20H18N2O3S. The first-order valence-electron chi connectivity index (χ1n) is 8.74. The Labute approximate surface area is 151 Å². The smallest absolute Gasteiger partial charge is 0.264 e. The average Bonchev–Trinajstić information content (AvgIpc) is 3.24. The molecular weight excluding hydrogens is 348 g/mol. The van der Waals surface area contributed by atoms with E-state index in [-0.39, 0.29) is 5.56 Å². The van der Waals surface area contributed by atoms with Crippen LogP contribution in [0, 0.1) is 6.92 Å². The molecule has 26 heavy (non-hydrogen) atoms. The second-order valence-electron chi connectivity index (χ2n) is 7.00. The zero-order chi connectivity index (χ0) is 18.1. The molecule has 0 fully saturated rings. The van der Waals surface area contributed by atoms with Gasteiger partial charge in [-0.2, -0.15) is 0 Å². The van der Waals surface area contributed by atoms with Gasteiger partial charge in [-0.15, -0.1) is 0 Å². The molecule has 5 nitrogen and oxygen atoms in total. The summed E-state index contributed by atoms with van der Waals surface area (Å²) in [6, 6.07) is 12.7. The van der Waals surface area contributed by atoms with E-state index >= 15 is 0 Å². The number of pyridine rings is 1. The van der Waals surface area contributed by atoms with Crippen LogP contribution in [-0.2, 0) is 29.4 Å². The molecule has 0 radical (unpaired) electrons. The molecule has 2 aliphatic heterocycles. The van der Waals surface area contributed by atoms with Gasteiger partial charge >= 0.3 is 0 Å². The second-order valence-corrected chi connectivity index (χ2v) is 8.86. The van der Waals surface area contributed by atoms with Crippen molar-refractivity contribution in [1.29, 1.82) is 0 Å². The second kappa shape index (κ2) is 5.20. The molecule has 2 aliphatic rings. The van der Waals surface area contributed by atoms with Gasteiger partial charge < -0.3 is 4.57 Å². The number of aryl methyl sites for hydroxylation is 3. The van der Waals surface area contributed by atoms with Crippen LogP contribution in [0.3, 0.4) is 0 Å². The number of fused-ring (bicyclic) bond motifs is 1. The van der Waals surface area contributed by atoms with Crippen LogP contribution in [0.4, 0.5) is 5.69 Å². The summed E-state index contributed by atoms with van der Waals surface area (Å²) >= 11 is 0. The van der Waals surface area contributed by atoms with E-state index < -0.39 is 10.0 Å². The Morgan fingerprint density at radius 1 is 0.962 bits per heavy atom. The van der Waals surface area contributed by atoms with E-state index in [0.29, 0.717) is 24.4 Å². The lowest BCUT2D eigenvalue weighted by Gasteiger charge is -2.20. The minimum absolute atomic E-state index is 0.0159. The molecule has 132 valence electrons. The number of nitrogens with zero attached hydrogens (tertiary/aromatic N) is 2. The quantitative estimate of drug-likeness (QED) is 0.700. The Morgan fingerprint density at radius 3 is 2.58 bits per heavy atom. The van der Waals surface area contributed by atoms with Crippen molar-refractivity contribution in [2.45, 2.75) is 31.2 Å². The van der Waals surface area contributed by atoms with Gasteiger partial charge in [0.15, 0.2) is 0 Å². The normalized spacial score (nSPS) is 15.7. The van der Waals surface area contributed by atoms with Crippen molar-refractivity contribution in [3.63, 3.8) is 0 Å². The van der Waals surface area contributed by atoms with Crippen molar-refractivity contribution in [3.8, 4) is 0 Å². The first-order chi connectivity index (χ1) is 12.5. The van der Waals surface area contributed by atoms with Crippen molar-refractivity contribution in [1.82, 2.24) is 4.57 Å². The van der Waals surface area contributed by atoms with Gasteiger partial charge in [0.2, 0.25) is 0 Å². The molecule has 0 spiro atoms. The summed E-state index contributed by atoms with van der Waals surface area (Å²) in [4.78, 5) is 12.5. The number of sulfonamides is 1. The van der Waals surface area contributed by atoms with Crippen molar-refractivity contribution >= 4 is 26.6 Å².